The minimum Gasteiger partial charge on any atom is -0.348 e. The van der Waals surface area contributed by atoms with Crippen molar-refractivity contribution in [3.05, 3.63) is 107 Å². The van der Waals surface area contributed by atoms with Gasteiger partial charge in [-0.1, -0.05) is 90.1 Å². The molecule has 4 aromatic rings. The molecule has 0 aliphatic rings. The number of nitrogens with zero attached hydrogens (tertiary/aromatic N) is 4. The fraction of sp³-hybridized carbons (Fsp3) is 0.222. The quantitative estimate of drug-likeness (QED) is 0.350. The lowest BCUT2D eigenvalue weighted by Crippen LogP contribution is -2.27. The molecule has 0 saturated heterocycles. The maximum absolute atomic E-state index is 13.2. The zero-order valence-electron chi connectivity index (χ0n) is 19.4. The van der Waals surface area contributed by atoms with E-state index in [-0.39, 0.29) is 5.91 Å². The zero-order chi connectivity index (χ0) is 23.4. The highest BCUT2D eigenvalue weighted by Gasteiger charge is 2.27. The van der Waals surface area contributed by atoms with E-state index in [0.29, 0.717) is 11.6 Å². The third-order valence-corrected chi connectivity index (χ3v) is 6.67. The highest BCUT2D eigenvalue weighted by Crippen LogP contribution is 2.37. The average Bonchev–Trinajstić information content (AvgIpc) is 3.20. The second-order valence-corrected chi connectivity index (χ2v) is 9.40. The van der Waals surface area contributed by atoms with Gasteiger partial charge in [0.1, 0.15) is 11.1 Å². The van der Waals surface area contributed by atoms with Gasteiger partial charge in [0.05, 0.1) is 5.69 Å². The van der Waals surface area contributed by atoms with Crippen LogP contribution in [0.4, 0.5) is 0 Å². The molecule has 1 amide bonds. The predicted molar refractivity (Wildman–Crippen MR) is 134 cm³/mol. The van der Waals surface area contributed by atoms with E-state index < -0.39 is 5.25 Å². The average molecular weight is 457 g/mol. The summed E-state index contributed by atoms with van der Waals surface area (Å²) in [5, 5.41) is 9.42. The van der Waals surface area contributed by atoms with Crippen molar-refractivity contribution in [2.24, 2.45) is 0 Å². The molecule has 0 radical (unpaired) electrons. The van der Waals surface area contributed by atoms with Gasteiger partial charge >= 0.3 is 0 Å². The van der Waals surface area contributed by atoms with Crippen LogP contribution in [0, 0.1) is 13.8 Å². The van der Waals surface area contributed by atoms with Gasteiger partial charge in [0.2, 0.25) is 5.91 Å². The van der Waals surface area contributed by atoms with E-state index in [0.717, 1.165) is 28.2 Å². The van der Waals surface area contributed by atoms with Crippen LogP contribution in [0.15, 0.2) is 84.0 Å². The Morgan fingerprint density at radius 2 is 1.61 bits per heavy atom. The molecule has 0 bridgehead atoms. The Morgan fingerprint density at radius 1 is 0.939 bits per heavy atom. The van der Waals surface area contributed by atoms with Crippen molar-refractivity contribution < 1.29 is 4.79 Å². The second-order valence-electron chi connectivity index (χ2n) is 8.33. The van der Waals surface area contributed by atoms with Gasteiger partial charge in [0.25, 0.3) is 0 Å². The van der Waals surface area contributed by atoms with Crippen LogP contribution in [0.25, 0.3) is 5.69 Å². The Hall–Kier alpha value is -3.38. The molecule has 6 heteroatoms. The summed E-state index contributed by atoms with van der Waals surface area (Å²) in [5.74, 6) is 0.866. The van der Waals surface area contributed by atoms with E-state index in [9.17, 15) is 4.79 Å². The number of likely N-dealkylation sites (N-methyl/N-ethyl adjacent to an activating group) is 1. The molecular weight excluding hydrogens is 428 g/mol. The van der Waals surface area contributed by atoms with Crippen molar-refractivity contribution >= 4 is 17.7 Å². The molecule has 4 rings (SSSR count). The van der Waals surface area contributed by atoms with E-state index in [1.165, 1.54) is 17.3 Å². The van der Waals surface area contributed by atoms with Crippen molar-refractivity contribution in [3.8, 4) is 5.69 Å². The summed E-state index contributed by atoms with van der Waals surface area (Å²) in [7, 11) is 3.57. The maximum atomic E-state index is 13.2. The Morgan fingerprint density at radius 3 is 2.24 bits per heavy atom. The van der Waals surface area contributed by atoms with Crippen LogP contribution in [0.5, 0.6) is 0 Å². The third kappa shape index (κ3) is 5.17. The molecule has 5 nitrogen and oxygen atoms in total. The van der Waals surface area contributed by atoms with Gasteiger partial charge in [-0.2, -0.15) is 0 Å². The molecule has 1 aromatic heterocycles. The fourth-order valence-corrected chi connectivity index (χ4v) is 5.01. The van der Waals surface area contributed by atoms with Crippen LogP contribution in [0.1, 0.15) is 33.3 Å². The molecule has 1 atom stereocenters. The largest absolute Gasteiger partial charge is 0.348 e. The van der Waals surface area contributed by atoms with Crippen LogP contribution < -0.4 is 0 Å². The lowest BCUT2D eigenvalue weighted by atomic mass is 10.1. The molecule has 0 spiro atoms. The molecule has 0 fully saturated rings. The van der Waals surface area contributed by atoms with E-state index in [1.54, 1.807) is 19.0 Å². The number of aryl methyl sites for hydroxylation is 2. The summed E-state index contributed by atoms with van der Waals surface area (Å²) in [6, 6.07) is 26.5. The van der Waals surface area contributed by atoms with E-state index in [1.807, 2.05) is 48.5 Å². The summed E-state index contributed by atoms with van der Waals surface area (Å²) < 4.78 is 2.10. The standard InChI is InChI=1S/C27H28N4OS/c1-19-15-16-23(20(2)17-19)31-24(18-21-11-7-5-8-12-21)28-29-27(31)33-25(26(32)30(3)4)22-13-9-6-10-14-22/h5-17,25H,18H2,1-4H3. The first-order chi connectivity index (χ1) is 15.9. The van der Waals surface area contributed by atoms with Gasteiger partial charge in [-0.3, -0.25) is 9.36 Å². The number of amides is 1. The van der Waals surface area contributed by atoms with Crippen molar-refractivity contribution in [1.29, 1.82) is 0 Å². The van der Waals surface area contributed by atoms with Gasteiger partial charge in [-0.25, -0.2) is 0 Å². The fourth-order valence-electron chi connectivity index (χ4n) is 3.80. The minimum atomic E-state index is -0.417. The first-order valence-electron chi connectivity index (χ1n) is 10.9. The molecule has 33 heavy (non-hydrogen) atoms. The van der Waals surface area contributed by atoms with Crippen molar-refractivity contribution in [1.82, 2.24) is 19.7 Å². The normalized spacial score (nSPS) is 11.9. The second kappa shape index (κ2) is 10.0. The van der Waals surface area contributed by atoms with Crippen LogP contribution in [0.3, 0.4) is 0 Å². The molecule has 1 heterocycles. The Balaban J connectivity index is 1.81. The monoisotopic (exact) mass is 456 g/mol. The molecule has 3 aromatic carbocycles. The van der Waals surface area contributed by atoms with Crippen molar-refractivity contribution in [2.45, 2.75) is 30.7 Å². The number of hydrogen-bond donors (Lipinski definition) is 0. The maximum Gasteiger partial charge on any atom is 0.240 e. The number of hydrogen-bond acceptors (Lipinski definition) is 4. The molecule has 0 saturated carbocycles. The zero-order valence-corrected chi connectivity index (χ0v) is 20.2. The van der Waals surface area contributed by atoms with Crippen LogP contribution in [-0.2, 0) is 11.2 Å². The SMILES string of the molecule is Cc1ccc(-n2c(Cc3ccccc3)nnc2SC(C(=O)N(C)C)c2ccccc2)c(C)c1. The molecule has 0 aliphatic heterocycles. The highest BCUT2D eigenvalue weighted by molar-refractivity contribution is 8.00. The van der Waals surface area contributed by atoms with Crippen LogP contribution in [-0.4, -0.2) is 39.7 Å². The van der Waals surface area contributed by atoms with Crippen molar-refractivity contribution in [2.75, 3.05) is 14.1 Å². The Kier molecular flexibility index (Phi) is 6.94. The van der Waals surface area contributed by atoms with E-state index in [4.69, 9.17) is 0 Å². The molecule has 0 N–H and O–H groups in total. The third-order valence-electron chi connectivity index (χ3n) is 5.49. The summed E-state index contributed by atoms with van der Waals surface area (Å²) in [6.45, 7) is 4.19. The Bertz CT molecular complexity index is 1240. The molecule has 168 valence electrons. The number of benzene rings is 3. The first-order valence-corrected chi connectivity index (χ1v) is 11.8. The Labute approximate surface area is 199 Å². The highest BCUT2D eigenvalue weighted by atomic mass is 32.2. The number of aromatic nitrogens is 3. The van der Waals surface area contributed by atoms with Crippen molar-refractivity contribution in [3.63, 3.8) is 0 Å². The summed E-state index contributed by atoms with van der Waals surface area (Å²) in [5.41, 5.74) is 5.48. The van der Waals surface area contributed by atoms with E-state index >= 15 is 0 Å². The van der Waals surface area contributed by atoms with Gasteiger partial charge in [0, 0.05) is 20.5 Å². The molecule has 0 aliphatic carbocycles. The number of thioether (sulfide) groups is 1. The van der Waals surface area contributed by atoms with Gasteiger partial charge in [0.15, 0.2) is 5.16 Å². The van der Waals surface area contributed by atoms with Crippen LogP contribution in [0.2, 0.25) is 0 Å². The van der Waals surface area contributed by atoms with Gasteiger partial charge in [-0.05, 0) is 36.6 Å². The van der Waals surface area contributed by atoms with Gasteiger partial charge in [-0.15, -0.1) is 10.2 Å². The summed E-state index contributed by atoms with van der Waals surface area (Å²) in [4.78, 5) is 14.8. The number of carbonyl (C=O) groups is 1. The van der Waals surface area contributed by atoms with Gasteiger partial charge < -0.3 is 4.90 Å². The smallest absolute Gasteiger partial charge is 0.240 e. The lowest BCUT2D eigenvalue weighted by molar-refractivity contribution is -0.128. The number of carbonyl (C=O) groups excluding carboxylic acids is 1. The molecular formula is C27H28N4OS. The topological polar surface area (TPSA) is 51.0 Å². The van der Waals surface area contributed by atoms with E-state index in [2.05, 4.69) is 58.9 Å². The minimum absolute atomic E-state index is 0.0194. The lowest BCUT2D eigenvalue weighted by Gasteiger charge is -2.21. The first kappa shape index (κ1) is 22.8. The summed E-state index contributed by atoms with van der Waals surface area (Å²) >= 11 is 1.44. The molecule has 1 unspecified atom stereocenters. The summed E-state index contributed by atoms with van der Waals surface area (Å²) in [6.07, 6.45) is 0.652. The predicted octanol–water partition coefficient (Wildman–Crippen LogP) is 5.40. The number of rotatable bonds is 7. The van der Waals surface area contributed by atoms with Crippen LogP contribution >= 0.6 is 11.8 Å².